The minimum Gasteiger partial charge on any atom is -0.382 e. The number of nitrogens with two attached hydrogens (primary N) is 3. The van der Waals surface area contributed by atoms with Crippen LogP contribution in [0.2, 0.25) is 0 Å². The Morgan fingerprint density at radius 1 is 1.04 bits per heavy atom. The summed E-state index contributed by atoms with van der Waals surface area (Å²) in [7, 11) is 0. The van der Waals surface area contributed by atoms with Gasteiger partial charge in [0.15, 0.2) is 11.6 Å². The summed E-state index contributed by atoms with van der Waals surface area (Å²) in [5.41, 5.74) is 19.1. The normalized spacial score (nSPS) is 11.6. The molecule has 0 bridgehead atoms. The Morgan fingerprint density at radius 3 is 2.04 bits per heavy atom. The van der Waals surface area contributed by atoms with Gasteiger partial charge in [0.2, 0.25) is 5.95 Å². The van der Waals surface area contributed by atoms with Crippen LogP contribution in [0, 0.1) is 11.3 Å². The molecule has 0 saturated heterocycles. The van der Waals surface area contributed by atoms with Crippen LogP contribution in [0.25, 0.3) is 0 Å². The lowest BCUT2D eigenvalue weighted by atomic mass is 10.1. The molecule has 26 heavy (non-hydrogen) atoms. The van der Waals surface area contributed by atoms with Crippen LogP contribution in [-0.4, -0.2) is 34.8 Å². The molecule has 10 heteroatoms. The maximum absolute atomic E-state index is 9.52. The van der Waals surface area contributed by atoms with E-state index < -0.39 is 6.04 Å². The zero-order valence-electron chi connectivity index (χ0n) is 14.0. The molecule has 0 unspecified atom stereocenters. The summed E-state index contributed by atoms with van der Waals surface area (Å²) in [6, 6.07) is 8.99. The van der Waals surface area contributed by atoms with Gasteiger partial charge in [-0.05, 0) is 17.7 Å². The molecule has 1 heterocycles. The lowest BCUT2D eigenvalue weighted by molar-refractivity contribution is 0.872. The van der Waals surface area contributed by atoms with Crippen LogP contribution in [0.5, 0.6) is 0 Å². The third-order valence-corrected chi connectivity index (χ3v) is 4.04. The molecule has 8 nitrogen and oxygen atoms in total. The molecule has 0 spiro atoms. The Bertz CT molecular complexity index is 746. The molecular formula is C16H20Cl2N8. The number of rotatable bonds is 8. The third-order valence-electron chi connectivity index (χ3n) is 3.70. The summed E-state index contributed by atoms with van der Waals surface area (Å²) in [6.07, 6.45) is 0. The van der Waals surface area contributed by atoms with E-state index in [0.717, 1.165) is 11.3 Å². The van der Waals surface area contributed by atoms with E-state index in [0.29, 0.717) is 24.8 Å². The van der Waals surface area contributed by atoms with Crippen molar-refractivity contribution in [3.63, 3.8) is 0 Å². The molecule has 7 N–H and O–H groups in total. The fourth-order valence-corrected chi connectivity index (χ4v) is 2.86. The number of nitrogens with one attached hydrogen (secondary N) is 1. The highest BCUT2D eigenvalue weighted by atomic mass is 35.5. The molecular weight excluding hydrogens is 375 g/mol. The van der Waals surface area contributed by atoms with Crippen molar-refractivity contribution in [3.05, 3.63) is 29.8 Å². The summed E-state index contributed by atoms with van der Waals surface area (Å²) in [5.74, 6) is 1.14. The van der Waals surface area contributed by atoms with Crippen molar-refractivity contribution in [1.29, 1.82) is 5.26 Å². The van der Waals surface area contributed by atoms with E-state index in [9.17, 15) is 5.26 Å². The maximum Gasteiger partial charge on any atom is 0.224 e. The first kappa shape index (κ1) is 19.7. The van der Waals surface area contributed by atoms with E-state index in [4.69, 9.17) is 40.4 Å². The average molecular weight is 395 g/mol. The number of nitrogens with zero attached hydrogens (tertiary/aromatic N) is 4. The summed E-state index contributed by atoms with van der Waals surface area (Å²) < 4.78 is 0. The minimum atomic E-state index is -0.685. The highest BCUT2D eigenvalue weighted by Gasteiger charge is 2.16. The summed E-state index contributed by atoms with van der Waals surface area (Å²) >= 11 is 11.7. The molecule has 1 atom stereocenters. The number of nitriles is 1. The molecule has 0 radical (unpaired) electrons. The van der Waals surface area contributed by atoms with Gasteiger partial charge in [-0.25, -0.2) is 0 Å². The predicted octanol–water partition coefficient (Wildman–Crippen LogP) is 2.18. The van der Waals surface area contributed by atoms with Gasteiger partial charge in [-0.1, -0.05) is 12.1 Å². The fourth-order valence-electron chi connectivity index (χ4n) is 2.45. The van der Waals surface area contributed by atoms with Crippen molar-refractivity contribution in [2.45, 2.75) is 6.04 Å². The van der Waals surface area contributed by atoms with Crippen LogP contribution < -0.4 is 27.4 Å². The van der Waals surface area contributed by atoms with Gasteiger partial charge in [0, 0.05) is 30.5 Å². The molecule has 0 aliphatic heterocycles. The van der Waals surface area contributed by atoms with E-state index in [1.165, 1.54) is 0 Å². The Kier molecular flexibility index (Phi) is 6.95. The smallest absolute Gasteiger partial charge is 0.224 e. The van der Waals surface area contributed by atoms with E-state index in [-0.39, 0.29) is 23.3 Å². The lowest BCUT2D eigenvalue weighted by Gasteiger charge is -2.23. The highest BCUT2D eigenvalue weighted by molar-refractivity contribution is 6.18. The largest absolute Gasteiger partial charge is 0.382 e. The number of aromatic nitrogens is 2. The molecule has 2 aromatic rings. The van der Waals surface area contributed by atoms with Gasteiger partial charge in [-0.2, -0.15) is 15.2 Å². The van der Waals surface area contributed by atoms with Gasteiger partial charge in [0.1, 0.15) is 11.7 Å². The Balaban J connectivity index is 2.22. The van der Waals surface area contributed by atoms with Crippen molar-refractivity contribution < 1.29 is 0 Å². The average Bonchev–Trinajstić information content (AvgIpc) is 2.61. The van der Waals surface area contributed by atoms with E-state index in [1.54, 1.807) is 0 Å². The fraction of sp³-hybridized carbons (Fsp3) is 0.312. The van der Waals surface area contributed by atoms with Gasteiger partial charge >= 0.3 is 0 Å². The third kappa shape index (κ3) is 4.71. The SMILES string of the molecule is N#C[C@@H](Nc1c(N)nc(N)nc1N)c1ccc(N(CCCl)CCCl)cc1. The van der Waals surface area contributed by atoms with Gasteiger partial charge in [0.25, 0.3) is 0 Å². The van der Waals surface area contributed by atoms with Crippen molar-refractivity contribution >= 4 is 52.2 Å². The van der Waals surface area contributed by atoms with Crippen LogP contribution in [0.4, 0.5) is 29.0 Å². The molecule has 0 saturated carbocycles. The van der Waals surface area contributed by atoms with E-state index >= 15 is 0 Å². The second-order valence-electron chi connectivity index (χ2n) is 5.39. The Morgan fingerprint density at radius 2 is 1.58 bits per heavy atom. The topological polar surface area (TPSA) is 143 Å². The van der Waals surface area contributed by atoms with Crippen LogP contribution in [0.1, 0.15) is 11.6 Å². The molecule has 138 valence electrons. The monoisotopic (exact) mass is 394 g/mol. The number of nitrogen functional groups attached to an aromatic ring is 3. The quantitative estimate of drug-likeness (QED) is 0.498. The molecule has 1 aromatic heterocycles. The van der Waals surface area contributed by atoms with Crippen LogP contribution in [0.15, 0.2) is 24.3 Å². The first-order chi connectivity index (χ1) is 12.5. The van der Waals surface area contributed by atoms with Gasteiger partial charge in [-0.3, -0.25) is 0 Å². The molecule has 0 fully saturated rings. The summed E-state index contributed by atoms with van der Waals surface area (Å²) in [6.45, 7) is 1.37. The highest BCUT2D eigenvalue weighted by Crippen LogP contribution is 2.28. The van der Waals surface area contributed by atoms with Crippen LogP contribution in [0.3, 0.4) is 0 Å². The number of benzene rings is 1. The molecule has 0 aliphatic carbocycles. The Labute approximate surface area is 161 Å². The maximum atomic E-state index is 9.52. The zero-order valence-corrected chi connectivity index (χ0v) is 15.5. The standard InChI is InChI=1S/C16H20Cl2N8/c17-5-7-26(8-6-18)11-3-1-10(2-4-11)12(9-19)23-13-14(20)24-16(22)25-15(13)21/h1-4,12,23H,5-8H2,(H6,20,21,22,24,25)/t12-/m1/s1. The molecule has 0 amide bonds. The molecule has 2 rings (SSSR count). The van der Waals surface area contributed by atoms with E-state index in [2.05, 4.69) is 26.3 Å². The number of alkyl halides is 2. The number of hydrogen-bond acceptors (Lipinski definition) is 8. The second kappa shape index (κ2) is 9.17. The first-order valence-corrected chi connectivity index (χ1v) is 8.88. The molecule has 0 aliphatic rings. The number of hydrogen-bond donors (Lipinski definition) is 4. The van der Waals surface area contributed by atoms with Crippen LogP contribution >= 0.6 is 23.2 Å². The van der Waals surface area contributed by atoms with Crippen molar-refractivity contribution in [1.82, 2.24) is 9.97 Å². The summed E-state index contributed by atoms with van der Waals surface area (Å²) in [4.78, 5) is 9.78. The van der Waals surface area contributed by atoms with Crippen molar-refractivity contribution in [2.24, 2.45) is 0 Å². The molecule has 1 aromatic carbocycles. The van der Waals surface area contributed by atoms with Gasteiger partial charge in [0.05, 0.1) is 6.07 Å². The lowest BCUT2D eigenvalue weighted by Crippen LogP contribution is -2.27. The second-order valence-corrected chi connectivity index (χ2v) is 6.15. The van der Waals surface area contributed by atoms with Crippen LogP contribution in [-0.2, 0) is 0 Å². The Hall–Kier alpha value is -2.63. The van der Waals surface area contributed by atoms with Gasteiger partial charge in [-0.15, -0.1) is 23.2 Å². The van der Waals surface area contributed by atoms with Crippen molar-refractivity contribution in [2.75, 3.05) is 52.3 Å². The van der Waals surface area contributed by atoms with Gasteiger partial charge < -0.3 is 27.4 Å². The predicted molar refractivity (Wildman–Crippen MR) is 107 cm³/mol. The minimum absolute atomic E-state index is 0.0258. The number of anilines is 5. The zero-order chi connectivity index (χ0) is 19.1. The van der Waals surface area contributed by atoms with E-state index in [1.807, 2.05) is 24.3 Å². The number of halogens is 2. The summed E-state index contributed by atoms with van der Waals surface area (Å²) in [5, 5.41) is 12.5. The van der Waals surface area contributed by atoms with Crippen molar-refractivity contribution in [3.8, 4) is 6.07 Å². The first-order valence-electron chi connectivity index (χ1n) is 7.81.